The lowest BCUT2D eigenvalue weighted by molar-refractivity contribution is -0.384. The Morgan fingerprint density at radius 2 is 1.78 bits per heavy atom. The molecule has 0 saturated carbocycles. The number of nitrogens with zero attached hydrogens (tertiary/aromatic N) is 2. The topological polar surface area (TPSA) is 114 Å². The summed E-state index contributed by atoms with van der Waals surface area (Å²) in [4.78, 5) is 37.4. The van der Waals surface area contributed by atoms with Crippen molar-refractivity contribution in [3.05, 3.63) is 133 Å². The number of aromatic nitrogens is 1. The van der Waals surface area contributed by atoms with Crippen molar-refractivity contribution < 1.29 is 18.8 Å². The van der Waals surface area contributed by atoms with E-state index in [9.17, 15) is 19.7 Å². The molecule has 1 aliphatic heterocycles. The molecule has 0 N–H and O–H groups in total. The molecule has 0 spiro atoms. The van der Waals surface area contributed by atoms with E-state index in [1.807, 2.05) is 43.3 Å². The second-order valence-electron chi connectivity index (χ2n) is 8.58. The molecule has 6 rings (SSSR count). The minimum atomic E-state index is -0.938. The van der Waals surface area contributed by atoms with Gasteiger partial charge in [0, 0.05) is 29.3 Å². The second kappa shape index (κ2) is 8.09. The first-order valence-electron chi connectivity index (χ1n) is 11.2. The van der Waals surface area contributed by atoms with Gasteiger partial charge in [-0.3, -0.25) is 14.9 Å². The van der Waals surface area contributed by atoms with Crippen molar-refractivity contribution in [3.8, 4) is 22.8 Å². The fraction of sp³-hybridized carbons (Fsp3) is 0.111. The van der Waals surface area contributed by atoms with Crippen LogP contribution < -0.4 is 16.1 Å². The van der Waals surface area contributed by atoms with E-state index in [4.69, 9.17) is 13.9 Å². The van der Waals surface area contributed by atoms with Gasteiger partial charge in [0.1, 0.15) is 17.6 Å². The smallest absolute Gasteiger partial charge is 0.427 e. The van der Waals surface area contributed by atoms with Crippen molar-refractivity contribution in [2.75, 3.05) is 0 Å². The highest BCUT2D eigenvalue weighted by molar-refractivity contribution is 5.71. The summed E-state index contributed by atoms with van der Waals surface area (Å²) in [5.41, 5.74) is 1.77. The van der Waals surface area contributed by atoms with Gasteiger partial charge in [0.25, 0.3) is 17.2 Å². The van der Waals surface area contributed by atoms with Crippen LogP contribution in [-0.4, -0.2) is 9.49 Å². The van der Waals surface area contributed by atoms with Crippen molar-refractivity contribution >= 4 is 5.69 Å². The van der Waals surface area contributed by atoms with E-state index in [2.05, 4.69) is 0 Å². The zero-order chi connectivity index (χ0) is 25.0. The normalized spacial score (nSPS) is 17.3. The summed E-state index contributed by atoms with van der Waals surface area (Å²) in [5.74, 6) is -0.583. The number of rotatable bonds is 4. The monoisotopic (exact) mass is 482 g/mol. The molecule has 9 nitrogen and oxygen atoms in total. The van der Waals surface area contributed by atoms with Gasteiger partial charge in [-0.1, -0.05) is 48.0 Å². The number of ether oxygens (including phenoxy) is 2. The zero-order valence-electron chi connectivity index (χ0n) is 18.9. The maximum absolute atomic E-state index is 13.8. The summed E-state index contributed by atoms with van der Waals surface area (Å²) in [6, 6.07) is 20.0. The molecule has 2 unspecified atom stereocenters. The van der Waals surface area contributed by atoms with Crippen LogP contribution >= 0.6 is 0 Å². The fourth-order valence-corrected chi connectivity index (χ4v) is 4.65. The van der Waals surface area contributed by atoms with Crippen LogP contribution in [0.15, 0.2) is 98.8 Å². The summed E-state index contributed by atoms with van der Waals surface area (Å²) in [6.45, 7) is 1.97. The molecule has 2 aliphatic rings. The Hall–Kier alpha value is -4.92. The van der Waals surface area contributed by atoms with Crippen LogP contribution in [-0.2, 0) is 4.74 Å². The molecule has 0 bridgehead atoms. The molecule has 178 valence electrons. The van der Waals surface area contributed by atoms with Gasteiger partial charge in [0.15, 0.2) is 0 Å². The van der Waals surface area contributed by atoms with E-state index in [0.29, 0.717) is 11.3 Å². The highest BCUT2D eigenvalue weighted by Crippen LogP contribution is 2.50. The minimum Gasteiger partial charge on any atom is -0.456 e. The SMILES string of the molecule is Cc1ccc(OC2=CC3c4c(oc(=O)n(-c5cccc([N+](=O)[O-])c5)c4=O)-c4ccccc4C3O2)cc1. The number of non-ortho nitro benzene ring substituents is 1. The average Bonchev–Trinajstić information content (AvgIpc) is 3.29. The molecule has 0 fully saturated rings. The molecule has 0 saturated heterocycles. The standard InChI is InChI=1S/C27H18N2O7/c1-15-9-11-18(12-10-15)34-22-14-21-23-25(20-8-3-2-7-19(20)24(21)35-22)36-27(31)28(26(23)30)16-5-4-6-17(13-16)29(32)33/h2-14,21,24H,1H3. The molecule has 0 radical (unpaired) electrons. The Bertz CT molecular complexity index is 1680. The molecular weight excluding hydrogens is 464 g/mol. The Morgan fingerprint density at radius 1 is 1.00 bits per heavy atom. The molecule has 36 heavy (non-hydrogen) atoms. The lowest BCUT2D eigenvalue weighted by Gasteiger charge is -2.27. The quantitative estimate of drug-likeness (QED) is 0.304. The van der Waals surface area contributed by atoms with E-state index in [1.165, 1.54) is 18.2 Å². The summed E-state index contributed by atoms with van der Waals surface area (Å²) >= 11 is 0. The predicted molar refractivity (Wildman–Crippen MR) is 129 cm³/mol. The Balaban J connectivity index is 1.53. The minimum absolute atomic E-state index is 0.0418. The summed E-state index contributed by atoms with van der Waals surface area (Å²) in [7, 11) is 0. The zero-order valence-corrected chi connectivity index (χ0v) is 18.9. The number of hydrogen-bond acceptors (Lipinski definition) is 7. The van der Waals surface area contributed by atoms with Gasteiger partial charge in [-0.25, -0.2) is 9.36 Å². The number of hydrogen-bond donors (Lipinski definition) is 0. The molecule has 1 aliphatic carbocycles. The van der Waals surface area contributed by atoms with Crippen molar-refractivity contribution in [2.24, 2.45) is 0 Å². The Morgan fingerprint density at radius 3 is 2.56 bits per heavy atom. The van der Waals surface area contributed by atoms with E-state index < -0.39 is 28.3 Å². The highest BCUT2D eigenvalue weighted by Gasteiger charge is 2.43. The first-order chi connectivity index (χ1) is 17.4. The van der Waals surface area contributed by atoms with Crippen LogP contribution in [0, 0.1) is 17.0 Å². The van der Waals surface area contributed by atoms with Gasteiger partial charge in [0.05, 0.1) is 22.1 Å². The van der Waals surface area contributed by atoms with Gasteiger partial charge in [-0.2, -0.15) is 0 Å². The molecule has 4 aromatic rings. The second-order valence-corrected chi connectivity index (χ2v) is 8.58. The van der Waals surface area contributed by atoms with Crippen molar-refractivity contribution in [3.63, 3.8) is 0 Å². The van der Waals surface area contributed by atoms with Crippen LogP contribution in [0.5, 0.6) is 5.75 Å². The predicted octanol–water partition coefficient (Wildman–Crippen LogP) is 4.76. The summed E-state index contributed by atoms with van der Waals surface area (Å²) in [5, 5.41) is 11.3. The molecule has 1 aromatic heterocycles. The lowest BCUT2D eigenvalue weighted by Crippen LogP contribution is -2.36. The number of benzene rings is 3. The maximum Gasteiger partial charge on any atom is 0.427 e. The Kier molecular flexibility index (Phi) is 4.85. The molecule has 2 heterocycles. The molecule has 2 atom stereocenters. The van der Waals surface area contributed by atoms with Gasteiger partial charge in [-0.05, 0) is 25.1 Å². The van der Waals surface area contributed by atoms with Crippen molar-refractivity contribution in [2.45, 2.75) is 18.9 Å². The van der Waals surface area contributed by atoms with Crippen LogP contribution in [0.3, 0.4) is 0 Å². The first kappa shape index (κ1) is 21.6. The van der Waals surface area contributed by atoms with Gasteiger partial charge in [-0.15, -0.1) is 0 Å². The van der Waals surface area contributed by atoms with Crippen LogP contribution in [0.25, 0.3) is 17.0 Å². The molecule has 9 heteroatoms. The van der Waals surface area contributed by atoms with Crippen LogP contribution in [0.4, 0.5) is 5.69 Å². The summed E-state index contributed by atoms with van der Waals surface area (Å²) in [6.07, 6.45) is 1.12. The number of fused-ring (bicyclic) bond motifs is 6. The third-order valence-corrected chi connectivity index (χ3v) is 6.32. The van der Waals surface area contributed by atoms with Crippen LogP contribution in [0.2, 0.25) is 0 Å². The van der Waals surface area contributed by atoms with Crippen LogP contribution in [0.1, 0.15) is 28.7 Å². The van der Waals surface area contributed by atoms with E-state index in [-0.39, 0.29) is 28.6 Å². The lowest BCUT2D eigenvalue weighted by atomic mass is 9.81. The number of nitro groups is 1. The largest absolute Gasteiger partial charge is 0.456 e. The molecule has 0 amide bonds. The van der Waals surface area contributed by atoms with E-state index in [1.54, 1.807) is 18.2 Å². The third kappa shape index (κ3) is 3.40. The molecule has 3 aromatic carbocycles. The first-order valence-corrected chi connectivity index (χ1v) is 11.2. The van der Waals surface area contributed by atoms with E-state index >= 15 is 0 Å². The maximum atomic E-state index is 13.8. The Labute approximate surface area is 203 Å². The van der Waals surface area contributed by atoms with Crippen molar-refractivity contribution in [1.82, 2.24) is 4.57 Å². The molecular formula is C27H18N2O7. The third-order valence-electron chi connectivity index (χ3n) is 6.32. The highest BCUT2D eigenvalue weighted by atomic mass is 16.7. The summed E-state index contributed by atoms with van der Waals surface area (Å²) < 4.78 is 18.6. The fourth-order valence-electron chi connectivity index (χ4n) is 4.65. The van der Waals surface area contributed by atoms with Gasteiger partial charge < -0.3 is 13.9 Å². The average molecular weight is 482 g/mol. The number of nitro benzene ring substituents is 1. The number of aryl methyl sites for hydroxylation is 1. The van der Waals surface area contributed by atoms with Gasteiger partial charge in [0.2, 0.25) is 0 Å². The van der Waals surface area contributed by atoms with E-state index in [0.717, 1.165) is 21.8 Å². The van der Waals surface area contributed by atoms with Gasteiger partial charge >= 0.3 is 5.76 Å². The van der Waals surface area contributed by atoms with Crippen molar-refractivity contribution in [1.29, 1.82) is 0 Å².